The molecule has 0 aliphatic heterocycles. The van der Waals surface area contributed by atoms with E-state index in [1.54, 1.807) is 0 Å². The van der Waals surface area contributed by atoms with Crippen LogP contribution in [0.25, 0.3) is 0 Å². The van der Waals surface area contributed by atoms with Crippen molar-refractivity contribution in [3.8, 4) is 0 Å². The first kappa shape index (κ1) is 96.1. The Hall–Kier alpha value is -1.94. The number of aliphatic hydroxyl groups is 1. The van der Waals surface area contributed by atoms with Crippen LogP contribution in [0, 0.1) is 5.92 Å². The summed E-state index contributed by atoms with van der Waals surface area (Å²) in [6.45, 7) is 7.26. The molecule has 0 aromatic heterocycles. The Bertz CT molecular complexity index is 1870. The van der Waals surface area contributed by atoms with Gasteiger partial charge in [0.2, 0.25) is 0 Å². The number of aliphatic hydroxyl groups excluding tert-OH is 1. The van der Waals surface area contributed by atoms with Gasteiger partial charge in [0, 0.05) is 25.7 Å². The molecule has 0 heterocycles. The lowest BCUT2D eigenvalue weighted by molar-refractivity contribution is -0.161. The molecule has 0 aromatic rings. The van der Waals surface area contributed by atoms with Crippen LogP contribution in [0.3, 0.4) is 0 Å². The van der Waals surface area contributed by atoms with E-state index < -0.39 is 97.5 Å². The molecular formula is C79H154O17P2. The van der Waals surface area contributed by atoms with Gasteiger partial charge in [-0.25, -0.2) is 9.13 Å². The van der Waals surface area contributed by atoms with Gasteiger partial charge in [-0.05, 0) is 31.6 Å². The maximum Gasteiger partial charge on any atom is 0.472 e. The Morgan fingerprint density at radius 1 is 0.276 bits per heavy atom. The van der Waals surface area contributed by atoms with E-state index in [1.165, 1.54) is 231 Å². The van der Waals surface area contributed by atoms with E-state index in [2.05, 4.69) is 34.6 Å². The molecule has 98 heavy (non-hydrogen) atoms. The van der Waals surface area contributed by atoms with Crippen molar-refractivity contribution >= 4 is 39.5 Å². The number of esters is 4. The molecule has 0 fully saturated rings. The highest BCUT2D eigenvalue weighted by molar-refractivity contribution is 7.47. The van der Waals surface area contributed by atoms with Crippen LogP contribution in [0.1, 0.15) is 420 Å². The first-order valence-electron chi connectivity index (χ1n) is 41.1. The van der Waals surface area contributed by atoms with Crippen molar-refractivity contribution in [3.05, 3.63) is 0 Å². The van der Waals surface area contributed by atoms with Crippen molar-refractivity contribution in [2.45, 2.75) is 438 Å². The molecule has 0 rings (SSSR count). The monoisotopic (exact) mass is 1440 g/mol. The normalized spacial score (nSPS) is 13.9. The lowest BCUT2D eigenvalue weighted by atomic mass is 10.0. The average molecular weight is 1440 g/mol. The highest BCUT2D eigenvalue weighted by Crippen LogP contribution is 2.45. The maximum atomic E-state index is 13.1. The van der Waals surface area contributed by atoms with Crippen molar-refractivity contribution in [1.82, 2.24) is 0 Å². The molecule has 0 radical (unpaired) electrons. The Morgan fingerprint density at radius 2 is 0.469 bits per heavy atom. The topological polar surface area (TPSA) is 237 Å². The fraction of sp³-hybridized carbons (Fsp3) is 0.949. The van der Waals surface area contributed by atoms with Crippen LogP contribution >= 0.6 is 15.6 Å². The minimum atomic E-state index is -4.96. The van der Waals surface area contributed by atoms with Crippen LogP contribution in [0.5, 0.6) is 0 Å². The Labute approximate surface area is 600 Å². The summed E-state index contributed by atoms with van der Waals surface area (Å²) < 4.78 is 68.5. The van der Waals surface area contributed by atoms with Gasteiger partial charge in [0.15, 0.2) is 12.2 Å². The summed E-state index contributed by atoms with van der Waals surface area (Å²) in [4.78, 5) is 72.8. The van der Waals surface area contributed by atoms with Crippen molar-refractivity contribution in [1.29, 1.82) is 0 Å². The van der Waals surface area contributed by atoms with E-state index in [-0.39, 0.29) is 25.7 Å². The van der Waals surface area contributed by atoms with E-state index >= 15 is 0 Å². The number of hydrogen-bond donors (Lipinski definition) is 3. The fourth-order valence-electron chi connectivity index (χ4n) is 12.2. The Balaban J connectivity index is 5.17. The standard InChI is InChI=1S/C79H154O17P2/c1-6-9-12-15-18-20-22-24-26-28-30-31-33-35-37-39-44-49-54-59-64-78(83)96-75(69-90-77(82)63-58-53-48-43-38-36-34-32-29-27-25-23-21-19-16-13-10-7-2)71-94-98(87,88)92-67-73(80)66-91-97(85,86)93-70-74(68-89-76(81)62-57-52-46-17-14-11-8-3)95-79(84)65-60-55-50-45-41-40-42-47-51-56-61-72(4)5/h72-75,80H,6-71H2,1-5H3,(H,85,86)(H,87,88)/t73-,74+,75+/m0/s1. The van der Waals surface area contributed by atoms with Gasteiger partial charge in [0.1, 0.15) is 19.3 Å². The molecule has 0 saturated carbocycles. The summed E-state index contributed by atoms with van der Waals surface area (Å²) in [7, 11) is -9.91. The van der Waals surface area contributed by atoms with Crippen molar-refractivity contribution in [2.24, 2.45) is 5.92 Å². The third-order valence-electron chi connectivity index (χ3n) is 18.5. The summed E-state index contributed by atoms with van der Waals surface area (Å²) in [6.07, 6.45) is 62.7. The number of phosphoric acid groups is 2. The number of hydrogen-bond acceptors (Lipinski definition) is 15. The van der Waals surface area contributed by atoms with E-state index in [0.717, 1.165) is 109 Å². The van der Waals surface area contributed by atoms with Crippen LogP contribution in [0.2, 0.25) is 0 Å². The molecule has 0 aliphatic carbocycles. The minimum absolute atomic E-state index is 0.106. The second-order valence-electron chi connectivity index (χ2n) is 28.9. The predicted molar refractivity (Wildman–Crippen MR) is 400 cm³/mol. The van der Waals surface area contributed by atoms with Crippen LogP contribution in [0.4, 0.5) is 0 Å². The number of ether oxygens (including phenoxy) is 4. The molecule has 582 valence electrons. The summed E-state index contributed by atoms with van der Waals surface area (Å²) in [5.41, 5.74) is 0. The van der Waals surface area contributed by atoms with Crippen molar-refractivity contribution in [2.75, 3.05) is 39.6 Å². The number of carbonyl (C=O) groups is 4. The second kappa shape index (κ2) is 72.0. The zero-order chi connectivity index (χ0) is 71.9. The molecule has 0 aliphatic rings. The highest BCUT2D eigenvalue weighted by atomic mass is 31.2. The molecule has 17 nitrogen and oxygen atoms in total. The number of carbonyl (C=O) groups excluding carboxylic acids is 4. The van der Waals surface area contributed by atoms with Gasteiger partial charge in [0.25, 0.3) is 0 Å². The van der Waals surface area contributed by atoms with Crippen LogP contribution in [-0.2, 0) is 65.4 Å². The molecular weight excluding hydrogens is 1280 g/mol. The van der Waals surface area contributed by atoms with Gasteiger partial charge < -0.3 is 33.8 Å². The van der Waals surface area contributed by atoms with E-state index in [9.17, 15) is 43.2 Å². The Morgan fingerprint density at radius 3 is 0.694 bits per heavy atom. The van der Waals surface area contributed by atoms with E-state index in [1.807, 2.05) is 0 Å². The first-order chi connectivity index (χ1) is 47.5. The molecule has 0 bridgehead atoms. The van der Waals surface area contributed by atoms with E-state index in [0.29, 0.717) is 25.7 Å². The summed E-state index contributed by atoms with van der Waals surface area (Å²) in [5.74, 6) is -1.36. The summed E-state index contributed by atoms with van der Waals surface area (Å²) in [6, 6.07) is 0. The SMILES string of the molecule is CCCCCCCCCCCCCCCCCCCCCCC(=O)O[C@H](COC(=O)CCCCCCCCCCCCCCCCCCCC)COP(=O)(O)OC[C@@H](O)COP(=O)(O)OC[C@@H](COC(=O)CCCCCCCCC)OC(=O)CCCCCCCCCCCCC(C)C. The lowest BCUT2D eigenvalue weighted by Gasteiger charge is -2.21. The summed E-state index contributed by atoms with van der Waals surface area (Å²) >= 11 is 0. The second-order valence-corrected chi connectivity index (χ2v) is 31.8. The fourth-order valence-corrected chi connectivity index (χ4v) is 13.8. The van der Waals surface area contributed by atoms with Gasteiger partial charge in [-0.15, -0.1) is 0 Å². The predicted octanol–water partition coefficient (Wildman–Crippen LogP) is 23.6. The number of phosphoric ester groups is 2. The van der Waals surface area contributed by atoms with Gasteiger partial charge >= 0.3 is 39.5 Å². The first-order valence-corrected chi connectivity index (χ1v) is 44.1. The van der Waals surface area contributed by atoms with E-state index in [4.69, 9.17) is 37.0 Å². The quantitative estimate of drug-likeness (QED) is 0.0222. The van der Waals surface area contributed by atoms with Gasteiger partial charge in [-0.2, -0.15) is 0 Å². The lowest BCUT2D eigenvalue weighted by Crippen LogP contribution is -2.30. The smallest absolute Gasteiger partial charge is 0.462 e. The van der Waals surface area contributed by atoms with Crippen LogP contribution in [0.15, 0.2) is 0 Å². The third-order valence-corrected chi connectivity index (χ3v) is 20.4. The third kappa shape index (κ3) is 72.4. The molecule has 0 aromatic carbocycles. The molecule has 0 spiro atoms. The molecule has 3 N–H and O–H groups in total. The van der Waals surface area contributed by atoms with Crippen molar-refractivity contribution in [3.63, 3.8) is 0 Å². The maximum absolute atomic E-state index is 13.1. The molecule has 0 saturated heterocycles. The zero-order valence-corrected chi connectivity index (χ0v) is 65.7. The average Bonchev–Trinajstić information content (AvgIpc) is 1.12. The van der Waals surface area contributed by atoms with Crippen LogP contribution < -0.4 is 0 Å². The van der Waals surface area contributed by atoms with Crippen molar-refractivity contribution < 1.29 is 80.2 Å². The largest absolute Gasteiger partial charge is 0.472 e. The van der Waals surface area contributed by atoms with Gasteiger partial charge in [0.05, 0.1) is 26.4 Å². The van der Waals surface area contributed by atoms with Gasteiger partial charge in [-0.3, -0.25) is 37.3 Å². The zero-order valence-electron chi connectivity index (χ0n) is 63.9. The highest BCUT2D eigenvalue weighted by Gasteiger charge is 2.30. The Kier molecular flexibility index (Phi) is 70.6. The minimum Gasteiger partial charge on any atom is -0.462 e. The molecule has 0 amide bonds. The van der Waals surface area contributed by atoms with Gasteiger partial charge in [-0.1, -0.05) is 369 Å². The number of unbranched alkanes of at least 4 members (excludes halogenated alkanes) is 51. The number of rotatable bonds is 79. The molecule has 19 heteroatoms. The molecule has 5 atom stereocenters. The molecule has 2 unspecified atom stereocenters. The van der Waals surface area contributed by atoms with Crippen LogP contribution in [-0.4, -0.2) is 96.7 Å². The summed E-state index contributed by atoms with van der Waals surface area (Å²) in [5, 5.41) is 10.6.